The fourth-order valence-electron chi connectivity index (χ4n) is 2.04. The highest BCUT2D eigenvalue weighted by atomic mass is 32.2. The van der Waals surface area contributed by atoms with E-state index in [2.05, 4.69) is 24.0 Å². The zero-order valence-corrected chi connectivity index (χ0v) is 10.4. The molecule has 2 nitrogen and oxygen atoms in total. The van der Waals surface area contributed by atoms with Crippen molar-refractivity contribution in [3.8, 4) is 6.07 Å². The van der Waals surface area contributed by atoms with Crippen molar-refractivity contribution < 1.29 is 0 Å². The molecule has 0 unspecified atom stereocenters. The van der Waals surface area contributed by atoms with Gasteiger partial charge in [-0.1, -0.05) is 19.8 Å². The fourth-order valence-corrected chi connectivity index (χ4v) is 3.40. The van der Waals surface area contributed by atoms with E-state index in [4.69, 9.17) is 5.26 Å². The molecular formula is C13H16N2S. The molecule has 1 fully saturated rings. The quantitative estimate of drug-likeness (QED) is 0.799. The first kappa shape index (κ1) is 11.5. The average Bonchev–Trinajstić information content (AvgIpc) is 2.82. The zero-order chi connectivity index (χ0) is 11.4. The normalized spacial score (nSPS) is 16.2. The van der Waals surface area contributed by atoms with Crippen molar-refractivity contribution in [1.82, 2.24) is 4.98 Å². The van der Waals surface area contributed by atoms with Crippen molar-refractivity contribution in [1.29, 1.82) is 5.26 Å². The smallest absolute Gasteiger partial charge is 0.154 e. The Kier molecular flexibility index (Phi) is 3.84. The predicted molar refractivity (Wildman–Crippen MR) is 66.4 cm³/mol. The van der Waals surface area contributed by atoms with Gasteiger partial charge in [-0.15, -0.1) is 11.8 Å². The highest BCUT2D eigenvalue weighted by Crippen LogP contribution is 2.35. The van der Waals surface area contributed by atoms with Gasteiger partial charge in [0.1, 0.15) is 6.07 Å². The summed E-state index contributed by atoms with van der Waals surface area (Å²) in [6.45, 7) is 2.12. The first-order valence-corrected chi connectivity index (χ1v) is 6.77. The molecular weight excluding hydrogens is 216 g/mol. The van der Waals surface area contributed by atoms with Gasteiger partial charge in [-0.05, 0) is 30.9 Å². The maximum absolute atomic E-state index is 9.03. The van der Waals surface area contributed by atoms with Crippen LogP contribution in [0.1, 0.15) is 43.9 Å². The third-order valence-corrected chi connectivity index (χ3v) is 4.39. The van der Waals surface area contributed by atoms with E-state index in [9.17, 15) is 0 Å². The fraction of sp³-hybridized carbons (Fsp3) is 0.538. The van der Waals surface area contributed by atoms with Crippen LogP contribution in [0.3, 0.4) is 0 Å². The van der Waals surface area contributed by atoms with Crippen LogP contribution in [0.5, 0.6) is 0 Å². The van der Waals surface area contributed by atoms with Crippen molar-refractivity contribution in [3.63, 3.8) is 0 Å². The van der Waals surface area contributed by atoms with Gasteiger partial charge in [0.15, 0.2) is 5.69 Å². The molecule has 0 radical (unpaired) electrons. The minimum Gasteiger partial charge on any atom is -0.244 e. The van der Waals surface area contributed by atoms with Crippen LogP contribution in [0.25, 0.3) is 0 Å². The first-order valence-electron chi connectivity index (χ1n) is 5.89. The molecule has 16 heavy (non-hydrogen) atoms. The molecule has 1 aromatic rings. The maximum atomic E-state index is 9.03. The summed E-state index contributed by atoms with van der Waals surface area (Å²) in [7, 11) is 0. The second-order valence-corrected chi connectivity index (χ2v) is 5.52. The number of pyridine rings is 1. The van der Waals surface area contributed by atoms with E-state index in [1.54, 1.807) is 0 Å². The Morgan fingerprint density at radius 2 is 2.25 bits per heavy atom. The van der Waals surface area contributed by atoms with E-state index in [0.29, 0.717) is 10.9 Å². The molecule has 1 aromatic heterocycles. The lowest BCUT2D eigenvalue weighted by atomic mass is 10.2. The summed E-state index contributed by atoms with van der Waals surface area (Å²) in [6, 6.07) is 4.32. The highest BCUT2D eigenvalue weighted by Gasteiger charge is 2.18. The Balaban J connectivity index is 2.19. The molecule has 0 aliphatic heterocycles. The average molecular weight is 232 g/mol. The number of rotatable bonds is 3. The molecule has 0 spiro atoms. The van der Waals surface area contributed by atoms with Gasteiger partial charge in [-0.3, -0.25) is 0 Å². The second kappa shape index (κ2) is 5.36. The lowest BCUT2D eigenvalue weighted by Crippen LogP contribution is -1.97. The lowest BCUT2D eigenvalue weighted by Gasteiger charge is -2.10. The molecule has 1 saturated carbocycles. The van der Waals surface area contributed by atoms with Gasteiger partial charge in [-0.2, -0.15) is 5.26 Å². The van der Waals surface area contributed by atoms with Gasteiger partial charge in [-0.25, -0.2) is 4.98 Å². The Bertz CT molecular complexity index is 403. The molecule has 1 aliphatic carbocycles. The van der Waals surface area contributed by atoms with Crippen molar-refractivity contribution in [2.45, 2.75) is 49.2 Å². The van der Waals surface area contributed by atoms with E-state index in [-0.39, 0.29) is 0 Å². The molecule has 1 aliphatic rings. The largest absolute Gasteiger partial charge is 0.244 e. The monoisotopic (exact) mass is 232 g/mol. The summed E-state index contributed by atoms with van der Waals surface area (Å²) in [6.07, 6.45) is 8.03. The Morgan fingerprint density at radius 3 is 2.88 bits per heavy atom. The number of aryl methyl sites for hydroxylation is 1. The molecule has 0 N–H and O–H groups in total. The van der Waals surface area contributed by atoms with Crippen molar-refractivity contribution in [3.05, 3.63) is 23.5 Å². The summed E-state index contributed by atoms with van der Waals surface area (Å²) in [4.78, 5) is 5.31. The van der Waals surface area contributed by atoms with Crippen molar-refractivity contribution >= 4 is 11.8 Å². The van der Waals surface area contributed by atoms with E-state index >= 15 is 0 Å². The Hall–Kier alpha value is -1.01. The van der Waals surface area contributed by atoms with Crippen molar-refractivity contribution in [2.24, 2.45) is 0 Å². The molecule has 0 bridgehead atoms. The number of nitriles is 1. The van der Waals surface area contributed by atoms with Gasteiger partial charge in [0.05, 0.1) is 0 Å². The SMILES string of the molecule is CCc1cnc(C#N)c(SC2CCCC2)c1. The standard InChI is InChI=1S/C13H16N2S/c1-2-10-7-13(12(8-14)15-9-10)16-11-5-3-4-6-11/h7,9,11H,2-6H2,1H3. The maximum Gasteiger partial charge on any atom is 0.154 e. The van der Waals surface area contributed by atoms with Gasteiger partial charge >= 0.3 is 0 Å². The molecule has 0 amide bonds. The van der Waals surface area contributed by atoms with E-state index < -0.39 is 0 Å². The summed E-state index contributed by atoms with van der Waals surface area (Å²) in [5.41, 5.74) is 1.81. The molecule has 0 atom stereocenters. The van der Waals surface area contributed by atoms with Crippen molar-refractivity contribution in [2.75, 3.05) is 0 Å². The Labute approximate surface area is 101 Å². The van der Waals surface area contributed by atoms with Gasteiger partial charge < -0.3 is 0 Å². The third-order valence-electron chi connectivity index (χ3n) is 3.02. The number of aromatic nitrogens is 1. The first-order chi connectivity index (χ1) is 7.83. The molecule has 1 heterocycles. The molecule has 0 saturated heterocycles. The minimum absolute atomic E-state index is 0.592. The van der Waals surface area contributed by atoms with Crippen LogP contribution in [-0.4, -0.2) is 10.2 Å². The van der Waals surface area contributed by atoms with Crippen LogP contribution >= 0.6 is 11.8 Å². The summed E-state index contributed by atoms with van der Waals surface area (Å²) >= 11 is 1.85. The zero-order valence-electron chi connectivity index (χ0n) is 9.57. The lowest BCUT2D eigenvalue weighted by molar-refractivity contribution is 0.886. The second-order valence-electron chi connectivity index (χ2n) is 4.18. The van der Waals surface area contributed by atoms with Crippen LogP contribution < -0.4 is 0 Å². The van der Waals surface area contributed by atoms with Crippen LogP contribution in [0.2, 0.25) is 0 Å². The molecule has 3 heteroatoms. The number of thioether (sulfide) groups is 1. The van der Waals surface area contributed by atoms with Crippen LogP contribution in [0, 0.1) is 11.3 Å². The van der Waals surface area contributed by atoms with Crippen LogP contribution in [0.15, 0.2) is 17.2 Å². The van der Waals surface area contributed by atoms with Gasteiger partial charge in [0.2, 0.25) is 0 Å². The third kappa shape index (κ3) is 2.56. The van der Waals surface area contributed by atoms with Crippen LogP contribution in [0.4, 0.5) is 0 Å². The number of hydrogen-bond acceptors (Lipinski definition) is 3. The summed E-state index contributed by atoms with van der Waals surface area (Å²) < 4.78 is 0. The molecule has 0 aromatic carbocycles. The van der Waals surface area contributed by atoms with E-state index in [0.717, 1.165) is 11.3 Å². The Morgan fingerprint density at radius 1 is 1.50 bits per heavy atom. The van der Waals surface area contributed by atoms with Gasteiger partial charge in [0, 0.05) is 16.3 Å². The number of nitrogens with zero attached hydrogens (tertiary/aromatic N) is 2. The molecule has 84 valence electrons. The highest BCUT2D eigenvalue weighted by molar-refractivity contribution is 8.00. The number of hydrogen-bond donors (Lipinski definition) is 0. The minimum atomic E-state index is 0.592. The van der Waals surface area contributed by atoms with Crippen LogP contribution in [-0.2, 0) is 6.42 Å². The molecule has 2 rings (SSSR count). The van der Waals surface area contributed by atoms with E-state index in [1.807, 2.05) is 18.0 Å². The van der Waals surface area contributed by atoms with Gasteiger partial charge in [0.25, 0.3) is 0 Å². The summed E-state index contributed by atoms with van der Waals surface area (Å²) in [5, 5.41) is 9.73. The van der Waals surface area contributed by atoms with E-state index in [1.165, 1.54) is 31.2 Å². The predicted octanol–water partition coefficient (Wildman–Crippen LogP) is 3.55. The topological polar surface area (TPSA) is 36.7 Å². The summed E-state index contributed by atoms with van der Waals surface area (Å²) in [5.74, 6) is 0.